The highest BCUT2D eigenvalue weighted by Crippen LogP contribution is 2.50. The van der Waals surface area contributed by atoms with Gasteiger partial charge < -0.3 is 39.6 Å². The molecule has 0 bridgehead atoms. The number of carbonyl (C=O) groups excluding carboxylic acids is 2. The van der Waals surface area contributed by atoms with Crippen molar-refractivity contribution in [2.75, 3.05) is 47.4 Å². The standard InChI is InChI=1S/C38H47N3O8/c1-22(42)40-29-15-12-24-19-34(47-4)37(48-5)38(49-6)36(24)25-13-16-30(31(43)20-27(25)29)39-17-9-7-8-10-35(44)41-28-14-11-23-18-32(45-2)33(46-3)21-26(23)28/h13,16,18-21,28-29H,7-12,14-15,17H2,1-6H3,(H,39,43)(H,40,42)(H,41,44). The molecule has 0 fully saturated rings. The van der Waals surface area contributed by atoms with Crippen molar-refractivity contribution < 1.29 is 33.3 Å². The van der Waals surface area contributed by atoms with Crippen LogP contribution in [0.2, 0.25) is 0 Å². The number of aryl methyl sites for hydroxylation is 2. The highest BCUT2D eigenvalue weighted by atomic mass is 16.5. The van der Waals surface area contributed by atoms with Crippen LogP contribution in [0.15, 0.2) is 41.2 Å². The molecule has 2 unspecified atom stereocenters. The van der Waals surface area contributed by atoms with Gasteiger partial charge in [-0.15, -0.1) is 0 Å². The van der Waals surface area contributed by atoms with Crippen molar-refractivity contribution in [3.63, 3.8) is 0 Å². The van der Waals surface area contributed by atoms with Crippen LogP contribution in [0.25, 0.3) is 11.1 Å². The van der Waals surface area contributed by atoms with Crippen molar-refractivity contribution in [2.24, 2.45) is 0 Å². The summed E-state index contributed by atoms with van der Waals surface area (Å²) in [5, 5.41) is 9.52. The van der Waals surface area contributed by atoms with Gasteiger partial charge in [-0.1, -0.05) is 12.5 Å². The number of ether oxygens (including phenoxy) is 5. The number of carbonyl (C=O) groups is 2. The monoisotopic (exact) mass is 673 g/mol. The lowest BCUT2D eigenvalue weighted by Crippen LogP contribution is -2.26. The molecule has 2 atom stereocenters. The van der Waals surface area contributed by atoms with E-state index in [0.717, 1.165) is 54.4 Å². The van der Waals surface area contributed by atoms with Crippen LogP contribution in [0.4, 0.5) is 5.69 Å². The van der Waals surface area contributed by atoms with Crippen molar-refractivity contribution in [3.8, 4) is 39.9 Å². The predicted molar refractivity (Wildman–Crippen MR) is 188 cm³/mol. The quantitative estimate of drug-likeness (QED) is 0.186. The maximum absolute atomic E-state index is 13.5. The Morgan fingerprint density at radius 2 is 1.37 bits per heavy atom. The molecule has 3 N–H and O–H groups in total. The lowest BCUT2D eigenvalue weighted by Gasteiger charge is -2.19. The summed E-state index contributed by atoms with van der Waals surface area (Å²) in [6.45, 7) is 2.05. The normalized spacial score (nSPS) is 15.9. The molecule has 11 heteroatoms. The zero-order chi connectivity index (χ0) is 35.1. The summed E-state index contributed by atoms with van der Waals surface area (Å²) in [5.41, 5.74) is 5.81. The van der Waals surface area contributed by atoms with Gasteiger partial charge >= 0.3 is 0 Å². The maximum Gasteiger partial charge on any atom is 0.220 e. The van der Waals surface area contributed by atoms with E-state index in [9.17, 15) is 14.4 Å². The van der Waals surface area contributed by atoms with E-state index in [4.69, 9.17) is 23.7 Å². The van der Waals surface area contributed by atoms with Crippen molar-refractivity contribution in [2.45, 2.75) is 70.4 Å². The number of unbranched alkanes of at least 4 members (excludes halogenated alkanes) is 2. The maximum atomic E-state index is 13.5. The number of methoxy groups -OCH3 is 5. The number of benzene rings is 2. The van der Waals surface area contributed by atoms with E-state index >= 15 is 0 Å². The molecular formula is C38H47N3O8. The van der Waals surface area contributed by atoms with Gasteiger partial charge in [0.2, 0.25) is 23.0 Å². The molecule has 2 amide bonds. The molecule has 0 heterocycles. The molecule has 0 saturated heterocycles. The molecule has 2 aliphatic carbocycles. The predicted octanol–water partition coefficient (Wildman–Crippen LogP) is 5.66. The van der Waals surface area contributed by atoms with Crippen LogP contribution < -0.4 is 45.1 Å². The first-order valence-electron chi connectivity index (χ1n) is 16.8. The van der Waals surface area contributed by atoms with E-state index in [0.29, 0.717) is 65.8 Å². The Balaban J connectivity index is 1.24. The molecule has 0 aliphatic heterocycles. The number of amides is 2. The zero-order valence-corrected chi connectivity index (χ0v) is 29.2. The second kappa shape index (κ2) is 16.0. The van der Waals surface area contributed by atoms with E-state index in [2.05, 4.69) is 16.0 Å². The third-order valence-corrected chi connectivity index (χ3v) is 9.37. The Hall–Kier alpha value is -4.93. The number of nitrogens with one attached hydrogen (secondary N) is 3. The van der Waals surface area contributed by atoms with Crippen LogP contribution in [-0.2, 0) is 22.4 Å². The average molecular weight is 674 g/mol. The highest BCUT2D eigenvalue weighted by Gasteiger charge is 2.30. The van der Waals surface area contributed by atoms with Gasteiger partial charge in [-0.25, -0.2) is 0 Å². The number of fused-ring (bicyclic) bond motifs is 4. The Labute approximate surface area is 287 Å². The van der Waals surface area contributed by atoms with Gasteiger partial charge in [0.05, 0.1) is 53.3 Å². The summed E-state index contributed by atoms with van der Waals surface area (Å²) < 4.78 is 28.0. The minimum atomic E-state index is -0.372. The van der Waals surface area contributed by atoms with Crippen molar-refractivity contribution in [3.05, 3.63) is 68.9 Å². The molecule has 0 aromatic heterocycles. The Bertz CT molecular complexity index is 1760. The van der Waals surface area contributed by atoms with Crippen LogP contribution in [0, 0.1) is 0 Å². The molecule has 5 rings (SSSR count). The third kappa shape index (κ3) is 7.71. The fraction of sp³-hybridized carbons (Fsp3) is 0.447. The first-order chi connectivity index (χ1) is 23.7. The Kier molecular flexibility index (Phi) is 11.5. The lowest BCUT2D eigenvalue weighted by molar-refractivity contribution is -0.122. The minimum absolute atomic E-state index is 0.0257. The molecule has 0 saturated carbocycles. The molecule has 262 valence electrons. The molecule has 0 radical (unpaired) electrons. The number of anilines is 1. The zero-order valence-electron chi connectivity index (χ0n) is 29.2. The fourth-order valence-electron chi connectivity index (χ4n) is 7.01. The van der Waals surface area contributed by atoms with E-state index in [1.807, 2.05) is 24.3 Å². The van der Waals surface area contributed by atoms with E-state index in [-0.39, 0.29) is 29.3 Å². The summed E-state index contributed by atoms with van der Waals surface area (Å²) in [6.07, 6.45) is 5.73. The highest BCUT2D eigenvalue weighted by molar-refractivity contribution is 5.84. The third-order valence-electron chi connectivity index (χ3n) is 9.37. The minimum Gasteiger partial charge on any atom is -0.493 e. The van der Waals surface area contributed by atoms with Gasteiger partial charge in [0, 0.05) is 25.5 Å². The van der Waals surface area contributed by atoms with Crippen molar-refractivity contribution >= 4 is 17.5 Å². The largest absolute Gasteiger partial charge is 0.493 e. The van der Waals surface area contributed by atoms with Gasteiger partial charge in [-0.05, 0) is 96.7 Å². The van der Waals surface area contributed by atoms with Crippen LogP contribution in [0.1, 0.15) is 79.8 Å². The van der Waals surface area contributed by atoms with Crippen LogP contribution >= 0.6 is 0 Å². The van der Waals surface area contributed by atoms with Crippen LogP contribution in [0.5, 0.6) is 28.7 Å². The average Bonchev–Trinajstić information content (AvgIpc) is 3.33. The Morgan fingerprint density at radius 1 is 0.714 bits per heavy atom. The second-order valence-electron chi connectivity index (χ2n) is 12.4. The smallest absolute Gasteiger partial charge is 0.220 e. The van der Waals surface area contributed by atoms with Gasteiger partial charge in [-0.3, -0.25) is 14.4 Å². The van der Waals surface area contributed by atoms with Gasteiger partial charge in [-0.2, -0.15) is 0 Å². The topological polar surface area (TPSA) is 133 Å². The summed E-state index contributed by atoms with van der Waals surface area (Å²) in [4.78, 5) is 38.6. The first kappa shape index (κ1) is 35.4. The molecule has 49 heavy (non-hydrogen) atoms. The lowest BCUT2D eigenvalue weighted by atomic mass is 9.95. The molecule has 3 aromatic carbocycles. The molecule has 0 spiro atoms. The molecule has 11 nitrogen and oxygen atoms in total. The van der Waals surface area contributed by atoms with Gasteiger partial charge in [0.25, 0.3) is 0 Å². The molecule has 2 aliphatic rings. The van der Waals surface area contributed by atoms with Crippen LogP contribution in [0.3, 0.4) is 0 Å². The molecule has 3 aromatic rings. The van der Waals surface area contributed by atoms with E-state index < -0.39 is 0 Å². The summed E-state index contributed by atoms with van der Waals surface area (Å²) in [7, 11) is 7.95. The van der Waals surface area contributed by atoms with Crippen LogP contribution in [-0.4, -0.2) is 53.9 Å². The number of hydrogen-bond donors (Lipinski definition) is 3. The van der Waals surface area contributed by atoms with Gasteiger partial charge in [0.15, 0.2) is 23.0 Å². The first-order valence-corrected chi connectivity index (χ1v) is 16.8. The van der Waals surface area contributed by atoms with Crippen molar-refractivity contribution in [1.29, 1.82) is 0 Å². The second-order valence-corrected chi connectivity index (χ2v) is 12.4. The van der Waals surface area contributed by atoms with Gasteiger partial charge in [0.1, 0.15) is 0 Å². The SMILES string of the molecule is COc1cc2c(cc1OC)C(NC(=O)CCCCCNc1ccc3c(cc1=O)C(NC(C)=O)CCc1cc(OC)c(OC)c(OC)c1-3)CC2. The number of rotatable bonds is 14. The van der Waals surface area contributed by atoms with E-state index in [1.54, 1.807) is 47.7 Å². The fourth-order valence-corrected chi connectivity index (χ4v) is 7.01. The van der Waals surface area contributed by atoms with E-state index in [1.165, 1.54) is 12.5 Å². The summed E-state index contributed by atoms with van der Waals surface area (Å²) in [6, 6.07) is 10.8. The van der Waals surface area contributed by atoms with Crippen molar-refractivity contribution in [1.82, 2.24) is 10.6 Å². The Morgan fingerprint density at radius 3 is 2.04 bits per heavy atom. The number of hydrogen-bond acceptors (Lipinski definition) is 9. The summed E-state index contributed by atoms with van der Waals surface area (Å²) in [5.74, 6) is 2.73. The summed E-state index contributed by atoms with van der Waals surface area (Å²) >= 11 is 0. The molecular weight excluding hydrogens is 626 g/mol.